The van der Waals surface area contributed by atoms with Crippen LogP contribution in [-0.4, -0.2) is 30.9 Å². The topological polar surface area (TPSA) is 109 Å². The maximum absolute atomic E-state index is 12.1. The molecule has 3 rings (SSSR count). The average Bonchev–Trinajstić information content (AvgIpc) is 2.95. The van der Waals surface area contributed by atoms with Gasteiger partial charge < -0.3 is 10.5 Å². The normalized spacial score (nSPS) is 10.7. The minimum absolute atomic E-state index is 0.0117. The Morgan fingerprint density at radius 1 is 1.38 bits per heavy atom. The molecule has 0 radical (unpaired) electrons. The average molecular weight is 485 g/mol. The van der Waals surface area contributed by atoms with E-state index in [4.69, 9.17) is 22.1 Å². The molecular formula is C16H14ClIN6O2. The first-order valence-corrected chi connectivity index (χ1v) is 8.99. The molecule has 0 amide bonds. The van der Waals surface area contributed by atoms with Gasteiger partial charge in [0.2, 0.25) is 0 Å². The largest absolute Gasteiger partial charge is 0.455 e. The van der Waals surface area contributed by atoms with E-state index in [1.165, 1.54) is 0 Å². The zero-order valence-corrected chi connectivity index (χ0v) is 16.6. The second-order valence-electron chi connectivity index (χ2n) is 5.37. The predicted molar refractivity (Wildman–Crippen MR) is 104 cm³/mol. The van der Waals surface area contributed by atoms with Crippen LogP contribution in [0.5, 0.6) is 0 Å². The number of nitrogens with two attached hydrogens (primary N) is 1. The van der Waals surface area contributed by atoms with Gasteiger partial charge in [-0.25, -0.2) is 19.4 Å². The second kappa shape index (κ2) is 7.96. The molecule has 3 aromatic rings. The Balaban J connectivity index is 1.69. The summed E-state index contributed by atoms with van der Waals surface area (Å²) in [4.78, 5) is 20.4. The molecule has 1 aromatic carbocycles. The van der Waals surface area contributed by atoms with Crippen LogP contribution in [0, 0.1) is 10.6 Å². The third kappa shape index (κ3) is 4.10. The Morgan fingerprint density at radius 2 is 2.15 bits per heavy atom. The molecule has 2 N–H and O–H groups in total. The first-order valence-electron chi connectivity index (χ1n) is 7.53. The fourth-order valence-corrected chi connectivity index (χ4v) is 2.90. The van der Waals surface area contributed by atoms with Crippen molar-refractivity contribution in [3.05, 3.63) is 61.8 Å². The number of carbonyl (C=O) groups excluding carboxylic acids is 1. The van der Waals surface area contributed by atoms with E-state index in [-0.39, 0.29) is 6.61 Å². The number of hydrogen-bond donors (Lipinski definition) is 1. The van der Waals surface area contributed by atoms with Crippen molar-refractivity contribution in [1.82, 2.24) is 25.0 Å². The van der Waals surface area contributed by atoms with Crippen molar-refractivity contribution in [1.29, 1.82) is 0 Å². The lowest BCUT2D eigenvalue weighted by atomic mass is 10.2. The Kier molecular flexibility index (Phi) is 5.67. The summed E-state index contributed by atoms with van der Waals surface area (Å²) in [7, 11) is 0. The summed E-state index contributed by atoms with van der Waals surface area (Å²) in [5, 5.41) is 8.47. The van der Waals surface area contributed by atoms with Crippen LogP contribution in [0.25, 0.3) is 0 Å². The molecule has 0 aliphatic carbocycles. The fourth-order valence-electron chi connectivity index (χ4n) is 2.16. The van der Waals surface area contributed by atoms with Crippen LogP contribution in [0.2, 0.25) is 5.02 Å². The molecule has 134 valence electrons. The number of nitrogens with zero attached hydrogens (tertiary/aromatic N) is 5. The van der Waals surface area contributed by atoms with E-state index >= 15 is 0 Å². The molecular weight excluding hydrogens is 471 g/mol. The molecule has 0 aliphatic rings. The monoisotopic (exact) mass is 484 g/mol. The second-order valence-corrected chi connectivity index (χ2v) is 6.80. The molecule has 10 heteroatoms. The van der Waals surface area contributed by atoms with Gasteiger partial charge in [0.1, 0.15) is 27.6 Å². The molecule has 0 unspecified atom stereocenters. The van der Waals surface area contributed by atoms with Gasteiger partial charge in [-0.2, -0.15) is 0 Å². The zero-order valence-electron chi connectivity index (χ0n) is 13.7. The van der Waals surface area contributed by atoms with Gasteiger partial charge in [-0.05, 0) is 41.6 Å². The van der Waals surface area contributed by atoms with Crippen LogP contribution < -0.4 is 5.73 Å². The first-order chi connectivity index (χ1) is 12.5. The molecule has 0 spiro atoms. The van der Waals surface area contributed by atoms with Crippen molar-refractivity contribution in [3.63, 3.8) is 0 Å². The summed E-state index contributed by atoms with van der Waals surface area (Å²) < 4.78 is 7.66. The predicted octanol–water partition coefficient (Wildman–Crippen LogP) is 2.62. The molecule has 2 heterocycles. The summed E-state index contributed by atoms with van der Waals surface area (Å²) in [6, 6.07) is 6.70. The number of esters is 1. The van der Waals surface area contributed by atoms with E-state index in [0.29, 0.717) is 34.5 Å². The number of rotatable bonds is 5. The quantitative estimate of drug-likeness (QED) is 0.438. The summed E-state index contributed by atoms with van der Waals surface area (Å²) in [6.07, 6.45) is 1.66. The van der Waals surface area contributed by atoms with Gasteiger partial charge in [0.25, 0.3) is 0 Å². The highest BCUT2D eigenvalue weighted by atomic mass is 127. The van der Waals surface area contributed by atoms with Crippen LogP contribution in [0.15, 0.2) is 30.5 Å². The maximum atomic E-state index is 12.1. The van der Waals surface area contributed by atoms with Crippen LogP contribution in [0.3, 0.4) is 0 Å². The Bertz CT molecular complexity index is 962. The molecule has 8 nitrogen and oxygen atoms in total. The number of halogens is 2. The van der Waals surface area contributed by atoms with Gasteiger partial charge in [-0.1, -0.05) is 28.9 Å². The lowest BCUT2D eigenvalue weighted by Gasteiger charge is -2.07. The smallest absolute Gasteiger partial charge is 0.340 e. The minimum atomic E-state index is -0.517. The highest BCUT2D eigenvalue weighted by molar-refractivity contribution is 14.1. The lowest BCUT2D eigenvalue weighted by molar-refractivity contribution is 0.0467. The van der Waals surface area contributed by atoms with E-state index in [2.05, 4.69) is 42.9 Å². The van der Waals surface area contributed by atoms with Crippen molar-refractivity contribution in [2.45, 2.75) is 20.1 Å². The van der Waals surface area contributed by atoms with E-state index in [1.807, 2.05) is 0 Å². The standard InChI is InChI=1S/C16H14ClIN6O2/c1-9-20-6-10(15(19)21-9)7-24-14(18)13(22-23-24)8-26-16(25)11-4-2-3-5-12(11)17/h2-6H,7-8H2,1H3,(H2,19,20,21). The molecule has 0 atom stereocenters. The molecule has 2 aromatic heterocycles. The first kappa shape index (κ1) is 18.5. The van der Waals surface area contributed by atoms with Gasteiger partial charge in [-0.15, -0.1) is 5.10 Å². The number of aryl methyl sites for hydroxylation is 1. The molecule has 26 heavy (non-hydrogen) atoms. The Hall–Kier alpha value is -2.27. The number of benzene rings is 1. The van der Waals surface area contributed by atoms with Gasteiger partial charge in [0, 0.05) is 11.8 Å². The van der Waals surface area contributed by atoms with Gasteiger partial charge in [0.15, 0.2) is 0 Å². The van der Waals surface area contributed by atoms with E-state index in [1.54, 1.807) is 42.1 Å². The summed E-state index contributed by atoms with van der Waals surface area (Å²) in [5.41, 5.74) is 7.49. The highest BCUT2D eigenvalue weighted by Gasteiger charge is 2.16. The van der Waals surface area contributed by atoms with Crippen LogP contribution in [-0.2, 0) is 17.9 Å². The van der Waals surface area contributed by atoms with Crippen molar-refractivity contribution in [3.8, 4) is 0 Å². The van der Waals surface area contributed by atoms with Gasteiger partial charge >= 0.3 is 5.97 Å². The fraction of sp³-hybridized carbons (Fsp3) is 0.188. The van der Waals surface area contributed by atoms with E-state index < -0.39 is 5.97 Å². The van der Waals surface area contributed by atoms with Crippen LogP contribution >= 0.6 is 34.2 Å². The Labute approximate surface area is 167 Å². The third-order valence-electron chi connectivity index (χ3n) is 3.51. The minimum Gasteiger partial charge on any atom is -0.455 e. The van der Waals surface area contributed by atoms with E-state index in [0.717, 1.165) is 9.26 Å². The van der Waals surface area contributed by atoms with E-state index in [9.17, 15) is 4.79 Å². The van der Waals surface area contributed by atoms with Crippen molar-refractivity contribution < 1.29 is 9.53 Å². The van der Waals surface area contributed by atoms with Gasteiger partial charge in [-0.3, -0.25) is 0 Å². The van der Waals surface area contributed by atoms with Crippen LogP contribution in [0.1, 0.15) is 27.4 Å². The lowest BCUT2D eigenvalue weighted by Crippen LogP contribution is -2.10. The third-order valence-corrected chi connectivity index (χ3v) is 5.02. The number of anilines is 1. The number of aromatic nitrogens is 5. The van der Waals surface area contributed by atoms with Crippen molar-refractivity contribution in [2.75, 3.05) is 5.73 Å². The summed E-state index contributed by atoms with van der Waals surface area (Å²) in [5.74, 6) is 0.485. The van der Waals surface area contributed by atoms with Gasteiger partial charge in [0.05, 0.1) is 17.1 Å². The molecule has 0 aliphatic heterocycles. The summed E-state index contributed by atoms with van der Waals surface area (Å²) in [6.45, 7) is 2.13. The van der Waals surface area contributed by atoms with Crippen LogP contribution in [0.4, 0.5) is 5.82 Å². The SMILES string of the molecule is Cc1ncc(Cn2nnc(COC(=O)c3ccccc3Cl)c2I)c(N)n1. The molecule has 0 saturated heterocycles. The summed E-state index contributed by atoms with van der Waals surface area (Å²) >= 11 is 8.08. The number of nitrogen functional groups attached to an aromatic ring is 1. The number of carbonyl (C=O) groups is 1. The number of hydrogen-bond acceptors (Lipinski definition) is 7. The maximum Gasteiger partial charge on any atom is 0.340 e. The zero-order chi connectivity index (χ0) is 18.7. The molecule has 0 fully saturated rings. The number of ether oxygens (including phenoxy) is 1. The highest BCUT2D eigenvalue weighted by Crippen LogP contribution is 2.18. The van der Waals surface area contributed by atoms with Crippen molar-refractivity contribution in [2.24, 2.45) is 0 Å². The Morgan fingerprint density at radius 3 is 2.88 bits per heavy atom. The van der Waals surface area contributed by atoms with Crippen molar-refractivity contribution >= 4 is 46.0 Å². The molecule has 0 bridgehead atoms. The molecule has 0 saturated carbocycles.